The molecule has 0 spiro atoms. The molecule has 130 valence electrons. The molecule has 0 aliphatic carbocycles. The van der Waals surface area contributed by atoms with Crippen molar-refractivity contribution in [3.05, 3.63) is 23.8 Å². The van der Waals surface area contributed by atoms with Gasteiger partial charge in [-0.3, -0.25) is 4.79 Å². The number of carboxylic acid groups (broad SMARTS) is 1. The fraction of sp³-hybridized carbons (Fsp3) is 0.529. The first-order valence-corrected chi connectivity index (χ1v) is 8.16. The number of rotatable bonds is 5. The van der Waals surface area contributed by atoms with Crippen LogP contribution in [0.1, 0.15) is 37.8 Å². The number of carboxylic acids is 1. The zero-order valence-electron chi connectivity index (χ0n) is 13.5. The third kappa shape index (κ3) is 3.46. The van der Waals surface area contributed by atoms with Crippen molar-refractivity contribution in [3.8, 4) is 11.5 Å². The van der Waals surface area contributed by atoms with Gasteiger partial charge in [-0.05, 0) is 37.0 Å². The van der Waals surface area contributed by atoms with E-state index < -0.39 is 18.2 Å². The number of benzene rings is 1. The molecule has 7 heteroatoms. The summed E-state index contributed by atoms with van der Waals surface area (Å²) in [6, 6.07) is 5.42. The molecular weight excluding hydrogens is 314 g/mol. The van der Waals surface area contributed by atoms with Crippen LogP contribution in [0.2, 0.25) is 0 Å². The van der Waals surface area contributed by atoms with E-state index in [0.29, 0.717) is 44.0 Å². The van der Waals surface area contributed by atoms with Gasteiger partial charge in [-0.15, -0.1) is 0 Å². The third-order valence-corrected chi connectivity index (χ3v) is 4.28. The summed E-state index contributed by atoms with van der Waals surface area (Å²) in [5, 5.41) is 11.9. The highest BCUT2D eigenvalue weighted by molar-refractivity contribution is 5.83. The van der Waals surface area contributed by atoms with Crippen LogP contribution in [0.5, 0.6) is 11.5 Å². The van der Waals surface area contributed by atoms with Crippen molar-refractivity contribution >= 4 is 11.9 Å². The van der Waals surface area contributed by atoms with E-state index in [9.17, 15) is 9.59 Å². The number of nitrogens with one attached hydrogen (secondary N) is 1. The SMILES string of the molecule is CCC(NC(=O)[C@@H]1CC[C@H](C(=O)O)O1)c1ccc2c(c1)OCCO2. The molecule has 0 bridgehead atoms. The molecule has 1 amide bonds. The molecule has 1 aromatic carbocycles. The molecular formula is C17H21NO6. The molecule has 7 nitrogen and oxygen atoms in total. The molecule has 1 fully saturated rings. The molecule has 1 saturated heterocycles. The molecule has 24 heavy (non-hydrogen) atoms. The average Bonchev–Trinajstić information content (AvgIpc) is 3.09. The standard InChI is InChI=1S/C17H21NO6/c1-2-11(10-3-4-12-15(9-10)23-8-7-22-12)18-16(19)13-5-6-14(24-13)17(20)21/h3-4,9,11,13-14H,2,5-8H2,1H3,(H,18,19)(H,20,21)/t11?,13-,14+/m0/s1. The van der Waals surface area contributed by atoms with E-state index in [1.165, 1.54) is 0 Å². The lowest BCUT2D eigenvalue weighted by Crippen LogP contribution is -2.37. The minimum absolute atomic E-state index is 0.194. The Balaban J connectivity index is 1.66. The predicted molar refractivity (Wildman–Crippen MR) is 84.1 cm³/mol. The summed E-state index contributed by atoms with van der Waals surface area (Å²) < 4.78 is 16.4. The minimum Gasteiger partial charge on any atom is -0.486 e. The normalized spacial score (nSPS) is 23.5. The Morgan fingerprint density at radius 1 is 1.21 bits per heavy atom. The highest BCUT2D eigenvalue weighted by atomic mass is 16.6. The van der Waals surface area contributed by atoms with Crippen LogP contribution in [0.4, 0.5) is 0 Å². The largest absolute Gasteiger partial charge is 0.486 e. The fourth-order valence-corrected chi connectivity index (χ4v) is 2.97. The minimum atomic E-state index is -1.02. The van der Waals surface area contributed by atoms with E-state index in [1.807, 2.05) is 25.1 Å². The predicted octanol–water partition coefficient (Wildman–Crippen LogP) is 1.66. The smallest absolute Gasteiger partial charge is 0.332 e. The summed E-state index contributed by atoms with van der Waals surface area (Å²) in [6.07, 6.45) is -0.137. The number of hydrogen-bond acceptors (Lipinski definition) is 5. The van der Waals surface area contributed by atoms with E-state index in [0.717, 1.165) is 5.56 Å². The second kappa shape index (κ2) is 7.09. The van der Waals surface area contributed by atoms with Gasteiger partial charge in [0.2, 0.25) is 5.91 Å². The van der Waals surface area contributed by atoms with Gasteiger partial charge in [0.15, 0.2) is 17.6 Å². The van der Waals surface area contributed by atoms with E-state index in [1.54, 1.807) is 0 Å². The van der Waals surface area contributed by atoms with Crippen LogP contribution >= 0.6 is 0 Å². The summed E-state index contributed by atoms with van der Waals surface area (Å²) in [5.74, 6) is 0.0776. The molecule has 0 aromatic heterocycles. The number of amides is 1. The van der Waals surface area contributed by atoms with Gasteiger partial charge in [0.1, 0.15) is 19.3 Å². The van der Waals surface area contributed by atoms with Gasteiger partial charge in [0, 0.05) is 0 Å². The maximum Gasteiger partial charge on any atom is 0.332 e. The third-order valence-electron chi connectivity index (χ3n) is 4.28. The Morgan fingerprint density at radius 2 is 1.92 bits per heavy atom. The Labute approximate surface area is 139 Å². The number of fused-ring (bicyclic) bond motifs is 1. The number of carbonyl (C=O) groups is 2. The molecule has 0 radical (unpaired) electrons. The number of ether oxygens (including phenoxy) is 3. The van der Waals surface area contributed by atoms with Gasteiger partial charge in [-0.2, -0.15) is 0 Å². The van der Waals surface area contributed by atoms with E-state index >= 15 is 0 Å². The second-order valence-corrected chi connectivity index (χ2v) is 5.90. The molecule has 2 N–H and O–H groups in total. The summed E-state index contributed by atoms with van der Waals surface area (Å²) in [5.41, 5.74) is 0.919. The Morgan fingerprint density at radius 3 is 2.58 bits per heavy atom. The number of hydrogen-bond donors (Lipinski definition) is 2. The second-order valence-electron chi connectivity index (χ2n) is 5.90. The highest BCUT2D eigenvalue weighted by Gasteiger charge is 2.35. The zero-order chi connectivity index (χ0) is 17.1. The molecule has 2 aliphatic rings. The monoisotopic (exact) mass is 335 g/mol. The zero-order valence-corrected chi connectivity index (χ0v) is 13.5. The molecule has 1 unspecified atom stereocenters. The highest BCUT2D eigenvalue weighted by Crippen LogP contribution is 2.33. The fourth-order valence-electron chi connectivity index (χ4n) is 2.97. The van der Waals surface area contributed by atoms with Crippen LogP contribution in [0.25, 0.3) is 0 Å². The number of aliphatic carboxylic acids is 1. The van der Waals surface area contributed by atoms with Crippen LogP contribution in [-0.2, 0) is 14.3 Å². The van der Waals surface area contributed by atoms with E-state index in [4.69, 9.17) is 19.3 Å². The van der Waals surface area contributed by atoms with Gasteiger partial charge in [0.25, 0.3) is 0 Å². The Hall–Kier alpha value is -2.28. The van der Waals surface area contributed by atoms with Crippen molar-refractivity contribution in [2.75, 3.05) is 13.2 Å². The summed E-state index contributed by atoms with van der Waals surface area (Å²) in [4.78, 5) is 23.3. The van der Waals surface area contributed by atoms with Gasteiger partial charge in [-0.25, -0.2) is 4.79 Å². The first-order valence-electron chi connectivity index (χ1n) is 8.16. The van der Waals surface area contributed by atoms with Crippen molar-refractivity contribution in [1.82, 2.24) is 5.32 Å². The molecule has 1 aromatic rings. The first-order chi connectivity index (χ1) is 11.6. The summed E-state index contributed by atoms with van der Waals surface area (Å²) in [7, 11) is 0. The Kier molecular flexibility index (Phi) is 4.89. The molecule has 2 aliphatic heterocycles. The van der Waals surface area contributed by atoms with Crippen LogP contribution in [-0.4, -0.2) is 42.4 Å². The topological polar surface area (TPSA) is 94.1 Å². The molecule has 3 atom stereocenters. The quantitative estimate of drug-likeness (QED) is 0.850. The van der Waals surface area contributed by atoms with Gasteiger partial charge in [0.05, 0.1) is 6.04 Å². The molecule has 2 heterocycles. The van der Waals surface area contributed by atoms with E-state index in [-0.39, 0.29) is 11.9 Å². The Bertz CT molecular complexity index is 632. The first kappa shape index (κ1) is 16.6. The molecule has 0 saturated carbocycles. The lowest BCUT2D eigenvalue weighted by Gasteiger charge is -2.23. The van der Waals surface area contributed by atoms with Gasteiger partial charge >= 0.3 is 5.97 Å². The van der Waals surface area contributed by atoms with Crippen molar-refractivity contribution in [2.45, 2.75) is 44.4 Å². The van der Waals surface area contributed by atoms with Crippen LogP contribution < -0.4 is 14.8 Å². The van der Waals surface area contributed by atoms with Crippen molar-refractivity contribution in [1.29, 1.82) is 0 Å². The lowest BCUT2D eigenvalue weighted by atomic mass is 10.0. The summed E-state index contributed by atoms with van der Waals surface area (Å²) >= 11 is 0. The maximum absolute atomic E-state index is 12.4. The van der Waals surface area contributed by atoms with E-state index in [2.05, 4.69) is 5.32 Å². The van der Waals surface area contributed by atoms with Crippen LogP contribution in [0, 0.1) is 0 Å². The van der Waals surface area contributed by atoms with Crippen molar-refractivity contribution in [2.24, 2.45) is 0 Å². The summed E-state index contributed by atoms with van der Waals surface area (Å²) in [6.45, 7) is 3.01. The van der Waals surface area contributed by atoms with Crippen LogP contribution in [0.3, 0.4) is 0 Å². The van der Waals surface area contributed by atoms with Crippen LogP contribution in [0.15, 0.2) is 18.2 Å². The van der Waals surface area contributed by atoms with Gasteiger partial charge in [-0.1, -0.05) is 13.0 Å². The molecule has 3 rings (SSSR count). The average molecular weight is 335 g/mol. The maximum atomic E-state index is 12.4. The van der Waals surface area contributed by atoms with Crippen molar-refractivity contribution < 1.29 is 28.9 Å². The number of carbonyl (C=O) groups excluding carboxylic acids is 1. The van der Waals surface area contributed by atoms with Gasteiger partial charge < -0.3 is 24.6 Å². The van der Waals surface area contributed by atoms with Crippen molar-refractivity contribution in [3.63, 3.8) is 0 Å². The lowest BCUT2D eigenvalue weighted by molar-refractivity contribution is -0.151.